The van der Waals surface area contributed by atoms with Gasteiger partial charge in [0.05, 0.1) is 13.7 Å². The molecule has 0 aliphatic carbocycles. The standard InChI is InChI=1S/C26H28N2O6/c1-3-32-23-16-21(14-15-22(23)31-2)24(27-25(29)33-17-19-10-6-4-7-11-19)28-26(30)34-18-20-12-8-5-9-13-20/h4-16,24H,3,17-18H2,1-2H3,(H,27,29)(H,28,30). The second-order valence-electron chi connectivity index (χ2n) is 7.19. The Balaban J connectivity index is 1.71. The molecule has 0 atom stereocenters. The Hall–Kier alpha value is -4.20. The van der Waals surface area contributed by atoms with Crippen LogP contribution >= 0.6 is 0 Å². The molecule has 0 unspecified atom stereocenters. The molecule has 0 saturated carbocycles. The van der Waals surface area contributed by atoms with E-state index >= 15 is 0 Å². The first-order chi connectivity index (χ1) is 16.6. The number of alkyl carbamates (subject to hydrolysis) is 2. The van der Waals surface area contributed by atoms with Gasteiger partial charge in [-0.1, -0.05) is 66.7 Å². The maximum Gasteiger partial charge on any atom is 0.409 e. The second kappa shape index (κ2) is 12.7. The van der Waals surface area contributed by atoms with Crippen LogP contribution in [0.15, 0.2) is 78.9 Å². The number of hydrogen-bond donors (Lipinski definition) is 2. The highest BCUT2D eigenvalue weighted by molar-refractivity contribution is 5.71. The molecule has 0 aliphatic rings. The highest BCUT2D eigenvalue weighted by atomic mass is 16.6. The van der Waals surface area contributed by atoms with Crippen molar-refractivity contribution in [2.45, 2.75) is 26.3 Å². The molecule has 3 rings (SSSR count). The third-order valence-electron chi connectivity index (χ3n) is 4.77. The lowest BCUT2D eigenvalue weighted by Crippen LogP contribution is -2.41. The van der Waals surface area contributed by atoms with E-state index < -0.39 is 18.4 Å². The maximum atomic E-state index is 12.5. The van der Waals surface area contributed by atoms with Gasteiger partial charge in [0.2, 0.25) is 0 Å². The predicted octanol–water partition coefficient (Wildman–Crippen LogP) is 4.95. The number of hydrogen-bond acceptors (Lipinski definition) is 6. The Bertz CT molecular complexity index is 1000. The zero-order chi connectivity index (χ0) is 24.2. The van der Waals surface area contributed by atoms with Gasteiger partial charge in [0.25, 0.3) is 0 Å². The molecule has 3 aromatic carbocycles. The van der Waals surface area contributed by atoms with E-state index in [0.29, 0.717) is 23.7 Å². The van der Waals surface area contributed by atoms with Gasteiger partial charge < -0.3 is 18.9 Å². The summed E-state index contributed by atoms with van der Waals surface area (Å²) in [6.07, 6.45) is -2.34. The quantitative estimate of drug-likeness (QED) is 0.413. The SMILES string of the molecule is CCOc1cc(C(NC(=O)OCc2ccccc2)NC(=O)OCc2ccccc2)ccc1OC. The lowest BCUT2D eigenvalue weighted by atomic mass is 10.1. The fraction of sp³-hybridized carbons (Fsp3) is 0.231. The van der Waals surface area contributed by atoms with Crippen molar-refractivity contribution in [2.75, 3.05) is 13.7 Å². The largest absolute Gasteiger partial charge is 0.493 e. The number of amides is 2. The average molecular weight is 465 g/mol. The molecule has 0 fully saturated rings. The lowest BCUT2D eigenvalue weighted by Gasteiger charge is -2.21. The number of nitrogens with one attached hydrogen (secondary N) is 2. The van der Waals surface area contributed by atoms with E-state index in [1.54, 1.807) is 18.2 Å². The molecule has 2 N–H and O–H groups in total. The summed E-state index contributed by atoms with van der Waals surface area (Å²) < 4.78 is 21.6. The van der Waals surface area contributed by atoms with Gasteiger partial charge in [-0.25, -0.2) is 9.59 Å². The van der Waals surface area contributed by atoms with E-state index in [-0.39, 0.29) is 13.2 Å². The molecule has 3 aromatic rings. The number of carbonyl (C=O) groups is 2. The van der Waals surface area contributed by atoms with Crippen molar-refractivity contribution in [3.63, 3.8) is 0 Å². The smallest absolute Gasteiger partial charge is 0.409 e. The third-order valence-corrected chi connectivity index (χ3v) is 4.77. The van der Waals surface area contributed by atoms with E-state index in [0.717, 1.165) is 11.1 Å². The summed E-state index contributed by atoms with van der Waals surface area (Å²) in [4.78, 5) is 25.0. The van der Waals surface area contributed by atoms with Crippen LogP contribution < -0.4 is 20.1 Å². The maximum absolute atomic E-state index is 12.5. The minimum Gasteiger partial charge on any atom is -0.493 e. The zero-order valence-corrected chi connectivity index (χ0v) is 19.2. The molecule has 8 nitrogen and oxygen atoms in total. The Morgan fingerprint density at radius 3 is 1.76 bits per heavy atom. The normalized spacial score (nSPS) is 10.3. The molecular formula is C26H28N2O6. The fourth-order valence-electron chi connectivity index (χ4n) is 3.11. The Morgan fingerprint density at radius 2 is 1.29 bits per heavy atom. The molecule has 0 spiro atoms. The van der Waals surface area contributed by atoms with Crippen molar-refractivity contribution in [2.24, 2.45) is 0 Å². The van der Waals surface area contributed by atoms with E-state index in [1.165, 1.54) is 7.11 Å². The molecule has 8 heteroatoms. The summed E-state index contributed by atoms with van der Waals surface area (Å²) >= 11 is 0. The van der Waals surface area contributed by atoms with Crippen LogP contribution in [0.25, 0.3) is 0 Å². The van der Waals surface area contributed by atoms with Crippen molar-refractivity contribution in [3.8, 4) is 11.5 Å². The predicted molar refractivity (Wildman–Crippen MR) is 126 cm³/mol. The molecule has 178 valence electrons. The number of benzene rings is 3. The summed E-state index contributed by atoms with van der Waals surface area (Å²) in [5.41, 5.74) is 2.23. The van der Waals surface area contributed by atoms with Crippen molar-refractivity contribution in [1.82, 2.24) is 10.6 Å². The third kappa shape index (κ3) is 7.44. The lowest BCUT2D eigenvalue weighted by molar-refractivity contribution is 0.122. The van der Waals surface area contributed by atoms with Crippen LogP contribution in [0.2, 0.25) is 0 Å². The molecule has 0 aliphatic heterocycles. The van der Waals surface area contributed by atoms with Crippen LogP contribution in [0, 0.1) is 0 Å². The van der Waals surface area contributed by atoms with Crippen molar-refractivity contribution < 1.29 is 28.5 Å². The van der Waals surface area contributed by atoms with Crippen molar-refractivity contribution in [1.29, 1.82) is 0 Å². The summed E-state index contributed by atoms with van der Waals surface area (Å²) in [6, 6.07) is 23.7. The van der Waals surface area contributed by atoms with Crippen molar-refractivity contribution in [3.05, 3.63) is 95.6 Å². The number of methoxy groups -OCH3 is 1. The minimum atomic E-state index is -0.934. The first-order valence-corrected chi connectivity index (χ1v) is 10.8. The summed E-state index contributed by atoms with van der Waals surface area (Å²) in [5.74, 6) is 1.01. The minimum absolute atomic E-state index is 0.0880. The van der Waals surface area contributed by atoms with Crippen molar-refractivity contribution >= 4 is 12.2 Å². The summed E-state index contributed by atoms with van der Waals surface area (Å²) in [5, 5.41) is 5.34. The molecule has 0 bridgehead atoms. The average Bonchev–Trinajstić information content (AvgIpc) is 2.87. The van der Waals surface area contributed by atoms with Crippen LogP contribution in [-0.2, 0) is 22.7 Å². The molecule has 0 aromatic heterocycles. The second-order valence-corrected chi connectivity index (χ2v) is 7.19. The highest BCUT2D eigenvalue weighted by Gasteiger charge is 2.21. The Kier molecular flexibility index (Phi) is 9.16. The van der Waals surface area contributed by atoms with Gasteiger partial charge in [0.15, 0.2) is 11.5 Å². The summed E-state index contributed by atoms with van der Waals surface area (Å²) in [7, 11) is 1.54. The fourth-order valence-corrected chi connectivity index (χ4v) is 3.11. The van der Waals surface area contributed by atoms with Gasteiger partial charge in [0.1, 0.15) is 19.4 Å². The molecule has 0 heterocycles. The molecule has 0 saturated heterocycles. The van der Waals surface area contributed by atoms with Gasteiger partial charge >= 0.3 is 12.2 Å². The Labute approximate surface area is 198 Å². The van der Waals surface area contributed by atoms with Gasteiger partial charge in [-0.3, -0.25) is 10.6 Å². The number of carbonyl (C=O) groups excluding carboxylic acids is 2. The zero-order valence-electron chi connectivity index (χ0n) is 19.2. The molecule has 0 radical (unpaired) electrons. The van der Waals surface area contributed by atoms with E-state index in [4.69, 9.17) is 18.9 Å². The first-order valence-electron chi connectivity index (χ1n) is 10.8. The monoisotopic (exact) mass is 464 g/mol. The Morgan fingerprint density at radius 1 is 0.765 bits per heavy atom. The molecule has 2 amide bonds. The van der Waals surface area contributed by atoms with Crippen LogP contribution in [0.1, 0.15) is 29.8 Å². The van der Waals surface area contributed by atoms with Crippen LogP contribution in [0.3, 0.4) is 0 Å². The van der Waals surface area contributed by atoms with Crippen LogP contribution in [0.5, 0.6) is 11.5 Å². The van der Waals surface area contributed by atoms with Gasteiger partial charge in [-0.05, 0) is 35.7 Å². The van der Waals surface area contributed by atoms with E-state index in [2.05, 4.69) is 10.6 Å². The number of ether oxygens (including phenoxy) is 4. The number of rotatable bonds is 10. The topological polar surface area (TPSA) is 95.1 Å². The van der Waals surface area contributed by atoms with E-state index in [9.17, 15) is 9.59 Å². The molecular weight excluding hydrogens is 436 g/mol. The van der Waals surface area contributed by atoms with E-state index in [1.807, 2.05) is 67.6 Å². The highest BCUT2D eigenvalue weighted by Crippen LogP contribution is 2.30. The van der Waals surface area contributed by atoms with Gasteiger partial charge in [-0.2, -0.15) is 0 Å². The van der Waals surface area contributed by atoms with Crippen LogP contribution in [-0.4, -0.2) is 25.9 Å². The summed E-state index contributed by atoms with van der Waals surface area (Å²) in [6.45, 7) is 2.45. The first kappa shape index (κ1) is 24.4. The molecule has 34 heavy (non-hydrogen) atoms. The van der Waals surface area contributed by atoms with Gasteiger partial charge in [0, 0.05) is 0 Å². The van der Waals surface area contributed by atoms with Gasteiger partial charge in [-0.15, -0.1) is 0 Å². The van der Waals surface area contributed by atoms with Crippen LogP contribution in [0.4, 0.5) is 9.59 Å².